The third kappa shape index (κ3) is 2.53. The van der Waals surface area contributed by atoms with Crippen molar-refractivity contribution in [3.05, 3.63) is 35.9 Å². The van der Waals surface area contributed by atoms with E-state index in [4.69, 9.17) is 4.74 Å². The minimum atomic E-state index is 0.330. The fourth-order valence-corrected chi connectivity index (χ4v) is 3.13. The van der Waals surface area contributed by atoms with Crippen LogP contribution in [0.15, 0.2) is 30.3 Å². The Morgan fingerprint density at radius 2 is 1.88 bits per heavy atom. The summed E-state index contributed by atoms with van der Waals surface area (Å²) < 4.78 is 5.94. The van der Waals surface area contributed by atoms with E-state index in [2.05, 4.69) is 35.2 Å². The number of benzene rings is 1. The van der Waals surface area contributed by atoms with Crippen molar-refractivity contribution in [1.82, 2.24) is 4.90 Å². The first kappa shape index (κ1) is 11.2. The summed E-state index contributed by atoms with van der Waals surface area (Å²) in [6.45, 7) is 4.73. The maximum atomic E-state index is 5.94. The molecule has 2 nitrogen and oxygen atoms in total. The molecule has 2 atom stereocenters. The molecule has 17 heavy (non-hydrogen) atoms. The van der Waals surface area contributed by atoms with E-state index in [1.807, 2.05) is 0 Å². The first-order valence-electron chi connectivity index (χ1n) is 6.82. The lowest BCUT2D eigenvalue weighted by Gasteiger charge is -2.24. The summed E-state index contributed by atoms with van der Waals surface area (Å²) in [5.74, 6) is 0.690. The third-order valence-electron chi connectivity index (χ3n) is 4.03. The molecule has 92 valence electrons. The third-order valence-corrected chi connectivity index (χ3v) is 4.03. The van der Waals surface area contributed by atoms with Gasteiger partial charge in [0.1, 0.15) is 0 Å². The van der Waals surface area contributed by atoms with Crippen LogP contribution in [0.1, 0.15) is 30.9 Å². The van der Waals surface area contributed by atoms with Crippen LogP contribution in [-0.4, -0.2) is 31.1 Å². The normalized spacial score (nSPS) is 29.9. The minimum absolute atomic E-state index is 0.330. The van der Waals surface area contributed by atoms with Crippen LogP contribution in [0.4, 0.5) is 0 Å². The van der Waals surface area contributed by atoms with Gasteiger partial charge in [-0.1, -0.05) is 30.3 Å². The Labute approximate surface area is 104 Å². The van der Waals surface area contributed by atoms with Crippen molar-refractivity contribution in [1.29, 1.82) is 0 Å². The van der Waals surface area contributed by atoms with Crippen molar-refractivity contribution < 1.29 is 4.74 Å². The molecule has 2 unspecified atom stereocenters. The number of hydrogen-bond donors (Lipinski definition) is 0. The van der Waals surface area contributed by atoms with Gasteiger partial charge in [-0.3, -0.25) is 0 Å². The summed E-state index contributed by atoms with van der Waals surface area (Å²) in [5, 5.41) is 0. The highest BCUT2D eigenvalue weighted by molar-refractivity contribution is 5.19. The molecule has 0 saturated carbocycles. The Kier molecular flexibility index (Phi) is 3.44. The molecule has 2 aliphatic heterocycles. The lowest BCUT2D eigenvalue weighted by Crippen LogP contribution is -2.28. The van der Waals surface area contributed by atoms with Gasteiger partial charge < -0.3 is 9.64 Å². The second-order valence-corrected chi connectivity index (χ2v) is 5.26. The number of likely N-dealkylation sites (tertiary alicyclic amines) is 1. The molecule has 0 aromatic heterocycles. The van der Waals surface area contributed by atoms with E-state index in [1.54, 1.807) is 0 Å². The van der Waals surface area contributed by atoms with E-state index in [0.29, 0.717) is 12.0 Å². The highest BCUT2D eigenvalue weighted by atomic mass is 16.5. The summed E-state index contributed by atoms with van der Waals surface area (Å²) in [5.41, 5.74) is 1.36. The molecular weight excluding hydrogens is 210 g/mol. The Hall–Kier alpha value is -0.860. The van der Waals surface area contributed by atoms with Gasteiger partial charge in [0.15, 0.2) is 0 Å². The van der Waals surface area contributed by atoms with E-state index in [0.717, 1.165) is 6.61 Å². The summed E-state index contributed by atoms with van der Waals surface area (Å²) in [6, 6.07) is 10.7. The van der Waals surface area contributed by atoms with Crippen LogP contribution in [0.5, 0.6) is 0 Å². The van der Waals surface area contributed by atoms with Gasteiger partial charge in [0.25, 0.3) is 0 Å². The summed E-state index contributed by atoms with van der Waals surface area (Å²) in [6.07, 6.45) is 4.31. The van der Waals surface area contributed by atoms with Crippen molar-refractivity contribution >= 4 is 0 Å². The Bertz CT molecular complexity index is 345. The number of rotatable bonds is 3. The smallest absolute Gasteiger partial charge is 0.0866 e. The Balaban J connectivity index is 1.67. The molecule has 0 aliphatic carbocycles. The van der Waals surface area contributed by atoms with Gasteiger partial charge >= 0.3 is 0 Å². The van der Waals surface area contributed by atoms with Crippen LogP contribution >= 0.6 is 0 Å². The predicted octanol–water partition coefficient (Wildman–Crippen LogP) is 2.86. The zero-order valence-electron chi connectivity index (χ0n) is 10.3. The van der Waals surface area contributed by atoms with Gasteiger partial charge in [0.05, 0.1) is 6.10 Å². The maximum Gasteiger partial charge on any atom is 0.0866 e. The van der Waals surface area contributed by atoms with Gasteiger partial charge in [-0.25, -0.2) is 0 Å². The molecule has 0 amide bonds. The standard InChI is InChI=1S/C15H21NO/c1-2-6-13(7-3-1)15-14(8-11-17-15)12-16-9-4-5-10-16/h1-3,6-7,14-15H,4-5,8-12H2. The SMILES string of the molecule is c1ccc(C2OCCC2CN2CCCC2)cc1. The zero-order chi connectivity index (χ0) is 11.5. The van der Waals surface area contributed by atoms with Gasteiger partial charge in [-0.05, 0) is 37.9 Å². The molecule has 0 spiro atoms. The quantitative estimate of drug-likeness (QED) is 0.793. The summed E-state index contributed by atoms with van der Waals surface area (Å²) in [7, 11) is 0. The molecule has 0 N–H and O–H groups in total. The van der Waals surface area contributed by atoms with E-state index in [9.17, 15) is 0 Å². The van der Waals surface area contributed by atoms with Crippen LogP contribution in [-0.2, 0) is 4.74 Å². The van der Waals surface area contributed by atoms with Gasteiger partial charge in [-0.15, -0.1) is 0 Å². The average Bonchev–Trinajstić information content (AvgIpc) is 3.02. The zero-order valence-corrected chi connectivity index (χ0v) is 10.3. The first-order valence-corrected chi connectivity index (χ1v) is 6.82. The topological polar surface area (TPSA) is 12.5 Å². The van der Waals surface area contributed by atoms with Crippen LogP contribution in [0.2, 0.25) is 0 Å². The highest BCUT2D eigenvalue weighted by Crippen LogP contribution is 2.35. The average molecular weight is 231 g/mol. The largest absolute Gasteiger partial charge is 0.373 e. The second-order valence-electron chi connectivity index (χ2n) is 5.26. The fraction of sp³-hybridized carbons (Fsp3) is 0.600. The predicted molar refractivity (Wildman–Crippen MR) is 68.9 cm³/mol. The minimum Gasteiger partial charge on any atom is -0.373 e. The molecule has 1 aromatic carbocycles. The number of nitrogens with zero attached hydrogens (tertiary/aromatic N) is 1. The van der Waals surface area contributed by atoms with Crippen LogP contribution < -0.4 is 0 Å². The summed E-state index contributed by atoms with van der Waals surface area (Å²) in [4.78, 5) is 2.61. The number of ether oxygens (including phenoxy) is 1. The van der Waals surface area contributed by atoms with Crippen molar-refractivity contribution in [2.45, 2.75) is 25.4 Å². The molecule has 2 heteroatoms. The Morgan fingerprint density at radius 3 is 2.65 bits per heavy atom. The molecule has 2 fully saturated rings. The van der Waals surface area contributed by atoms with Crippen molar-refractivity contribution in [2.75, 3.05) is 26.2 Å². The van der Waals surface area contributed by atoms with E-state index in [1.165, 1.54) is 44.5 Å². The lowest BCUT2D eigenvalue weighted by molar-refractivity contribution is 0.0811. The number of hydrogen-bond acceptors (Lipinski definition) is 2. The van der Waals surface area contributed by atoms with E-state index >= 15 is 0 Å². The van der Waals surface area contributed by atoms with Crippen LogP contribution in [0.25, 0.3) is 0 Å². The van der Waals surface area contributed by atoms with E-state index < -0.39 is 0 Å². The molecule has 1 aromatic rings. The van der Waals surface area contributed by atoms with Crippen LogP contribution in [0, 0.1) is 5.92 Å². The van der Waals surface area contributed by atoms with Gasteiger partial charge in [-0.2, -0.15) is 0 Å². The molecular formula is C15H21NO. The van der Waals surface area contributed by atoms with Crippen molar-refractivity contribution in [2.24, 2.45) is 5.92 Å². The Morgan fingerprint density at radius 1 is 1.12 bits per heavy atom. The molecule has 2 saturated heterocycles. The van der Waals surface area contributed by atoms with Crippen LogP contribution in [0.3, 0.4) is 0 Å². The lowest BCUT2D eigenvalue weighted by atomic mass is 9.95. The molecule has 3 rings (SSSR count). The monoisotopic (exact) mass is 231 g/mol. The maximum absolute atomic E-state index is 5.94. The van der Waals surface area contributed by atoms with E-state index in [-0.39, 0.29) is 0 Å². The van der Waals surface area contributed by atoms with Gasteiger partial charge in [0.2, 0.25) is 0 Å². The highest BCUT2D eigenvalue weighted by Gasteiger charge is 2.31. The van der Waals surface area contributed by atoms with Crippen molar-refractivity contribution in [3.63, 3.8) is 0 Å². The molecule has 2 aliphatic rings. The second kappa shape index (κ2) is 5.19. The fourth-order valence-electron chi connectivity index (χ4n) is 3.13. The molecule has 0 radical (unpaired) electrons. The first-order chi connectivity index (χ1) is 8.43. The van der Waals surface area contributed by atoms with Crippen molar-refractivity contribution in [3.8, 4) is 0 Å². The molecule has 2 heterocycles. The van der Waals surface area contributed by atoms with Gasteiger partial charge in [0, 0.05) is 19.1 Å². The summed E-state index contributed by atoms with van der Waals surface area (Å²) >= 11 is 0. The molecule has 0 bridgehead atoms.